The molecule has 0 heterocycles. The van der Waals surface area contributed by atoms with E-state index in [1.165, 1.54) is 11.0 Å². The lowest BCUT2D eigenvalue weighted by Crippen LogP contribution is -2.27. The van der Waals surface area contributed by atoms with E-state index in [1.807, 2.05) is 54.6 Å². The molecule has 0 spiro atoms. The van der Waals surface area contributed by atoms with E-state index in [0.29, 0.717) is 13.2 Å². The molecule has 0 aliphatic heterocycles. The standard InChI is InChI=1S/C19H21NO3/c1-20(12-13-21)19(22)11-10-16-8-5-9-18(14-16)23-15-17-6-3-2-4-7-17/h2-11,14,21H,12-13,15H2,1H3/b11-10+. The van der Waals surface area contributed by atoms with Gasteiger partial charge in [-0.25, -0.2) is 0 Å². The van der Waals surface area contributed by atoms with Gasteiger partial charge in [0.15, 0.2) is 0 Å². The van der Waals surface area contributed by atoms with Gasteiger partial charge in [0.1, 0.15) is 12.4 Å². The number of hydrogen-bond donors (Lipinski definition) is 1. The van der Waals surface area contributed by atoms with Crippen molar-refractivity contribution in [1.29, 1.82) is 0 Å². The minimum Gasteiger partial charge on any atom is -0.489 e. The van der Waals surface area contributed by atoms with Crippen molar-refractivity contribution in [3.8, 4) is 5.75 Å². The quantitative estimate of drug-likeness (QED) is 0.800. The normalized spacial score (nSPS) is 10.7. The summed E-state index contributed by atoms with van der Waals surface area (Å²) in [6.45, 7) is 0.786. The molecule has 0 aromatic heterocycles. The Hall–Kier alpha value is -2.59. The second-order valence-electron chi connectivity index (χ2n) is 5.16. The van der Waals surface area contributed by atoms with Crippen molar-refractivity contribution in [2.75, 3.05) is 20.2 Å². The Morgan fingerprint density at radius 3 is 2.70 bits per heavy atom. The molecule has 0 radical (unpaired) electrons. The van der Waals surface area contributed by atoms with Gasteiger partial charge >= 0.3 is 0 Å². The van der Waals surface area contributed by atoms with Crippen molar-refractivity contribution < 1.29 is 14.6 Å². The highest BCUT2D eigenvalue weighted by Gasteiger charge is 2.03. The van der Waals surface area contributed by atoms with Crippen LogP contribution in [0.1, 0.15) is 11.1 Å². The third-order valence-electron chi connectivity index (χ3n) is 3.34. The number of carbonyl (C=O) groups excluding carboxylic acids is 1. The SMILES string of the molecule is CN(CCO)C(=O)/C=C/c1cccc(OCc2ccccc2)c1. The van der Waals surface area contributed by atoms with Gasteiger partial charge in [-0.2, -0.15) is 0 Å². The molecule has 4 heteroatoms. The second kappa shape index (κ2) is 8.76. The van der Waals surface area contributed by atoms with E-state index in [4.69, 9.17) is 9.84 Å². The van der Waals surface area contributed by atoms with Crippen LogP contribution in [-0.2, 0) is 11.4 Å². The molecular formula is C19H21NO3. The zero-order valence-corrected chi connectivity index (χ0v) is 13.2. The molecule has 0 bridgehead atoms. The van der Waals surface area contributed by atoms with Crippen LogP contribution in [0, 0.1) is 0 Å². The Bertz CT molecular complexity index is 653. The van der Waals surface area contributed by atoms with Gasteiger partial charge in [-0.3, -0.25) is 4.79 Å². The van der Waals surface area contributed by atoms with Crippen LogP contribution in [0.2, 0.25) is 0 Å². The fraction of sp³-hybridized carbons (Fsp3) is 0.211. The number of amides is 1. The zero-order chi connectivity index (χ0) is 16.5. The summed E-state index contributed by atoms with van der Waals surface area (Å²) < 4.78 is 5.76. The Morgan fingerprint density at radius 2 is 1.96 bits per heavy atom. The number of likely N-dealkylation sites (N-methyl/N-ethyl adjacent to an activating group) is 1. The lowest BCUT2D eigenvalue weighted by molar-refractivity contribution is -0.125. The van der Waals surface area contributed by atoms with Crippen LogP contribution in [0.25, 0.3) is 6.08 Å². The maximum Gasteiger partial charge on any atom is 0.246 e. The molecule has 120 valence electrons. The third-order valence-corrected chi connectivity index (χ3v) is 3.34. The summed E-state index contributed by atoms with van der Waals surface area (Å²) >= 11 is 0. The fourth-order valence-electron chi connectivity index (χ4n) is 2.00. The summed E-state index contributed by atoms with van der Waals surface area (Å²) in [6, 6.07) is 17.5. The number of nitrogens with zero attached hydrogens (tertiary/aromatic N) is 1. The average molecular weight is 311 g/mol. The van der Waals surface area contributed by atoms with Gasteiger partial charge in [-0.15, -0.1) is 0 Å². The van der Waals surface area contributed by atoms with Crippen molar-refractivity contribution in [3.05, 3.63) is 71.8 Å². The predicted octanol–water partition coefficient (Wildman–Crippen LogP) is 2.73. The first-order valence-electron chi connectivity index (χ1n) is 7.50. The summed E-state index contributed by atoms with van der Waals surface area (Å²) in [6.07, 6.45) is 3.23. The van der Waals surface area contributed by atoms with Gasteiger partial charge in [0, 0.05) is 19.7 Å². The summed E-state index contributed by atoms with van der Waals surface area (Å²) in [5.74, 6) is 0.613. The number of benzene rings is 2. The van der Waals surface area contributed by atoms with E-state index >= 15 is 0 Å². The first kappa shape index (κ1) is 16.8. The van der Waals surface area contributed by atoms with Gasteiger partial charge < -0.3 is 14.7 Å². The van der Waals surface area contributed by atoms with Crippen LogP contribution >= 0.6 is 0 Å². The van der Waals surface area contributed by atoms with E-state index < -0.39 is 0 Å². The number of aliphatic hydroxyl groups excluding tert-OH is 1. The number of ether oxygens (including phenoxy) is 1. The first-order chi connectivity index (χ1) is 11.2. The van der Waals surface area contributed by atoms with Crippen molar-refractivity contribution in [2.24, 2.45) is 0 Å². The van der Waals surface area contributed by atoms with Crippen molar-refractivity contribution in [3.63, 3.8) is 0 Å². The van der Waals surface area contributed by atoms with E-state index in [2.05, 4.69) is 0 Å². The van der Waals surface area contributed by atoms with Gasteiger partial charge in [0.05, 0.1) is 6.61 Å². The molecule has 4 nitrogen and oxygen atoms in total. The van der Waals surface area contributed by atoms with Crippen LogP contribution in [0.15, 0.2) is 60.7 Å². The monoisotopic (exact) mass is 311 g/mol. The van der Waals surface area contributed by atoms with E-state index in [0.717, 1.165) is 16.9 Å². The molecule has 1 N–H and O–H groups in total. The molecule has 0 atom stereocenters. The number of rotatable bonds is 7. The highest BCUT2D eigenvalue weighted by Crippen LogP contribution is 2.16. The highest BCUT2D eigenvalue weighted by molar-refractivity contribution is 5.91. The summed E-state index contributed by atoms with van der Waals surface area (Å²) in [7, 11) is 1.66. The van der Waals surface area contributed by atoms with Crippen LogP contribution in [0.3, 0.4) is 0 Å². The van der Waals surface area contributed by atoms with Crippen molar-refractivity contribution >= 4 is 12.0 Å². The van der Waals surface area contributed by atoms with Gasteiger partial charge in [0.2, 0.25) is 5.91 Å². The molecule has 2 rings (SSSR count). The maximum atomic E-state index is 11.8. The summed E-state index contributed by atoms with van der Waals surface area (Å²) in [5, 5.41) is 8.83. The molecule has 0 saturated heterocycles. The smallest absolute Gasteiger partial charge is 0.246 e. The molecular weight excluding hydrogens is 290 g/mol. The lowest BCUT2D eigenvalue weighted by atomic mass is 10.2. The van der Waals surface area contributed by atoms with Gasteiger partial charge in [0.25, 0.3) is 0 Å². The molecule has 0 aliphatic carbocycles. The molecule has 1 amide bonds. The summed E-state index contributed by atoms with van der Waals surface area (Å²) in [4.78, 5) is 13.3. The molecule has 0 saturated carbocycles. The Balaban J connectivity index is 1.95. The van der Waals surface area contributed by atoms with Crippen LogP contribution in [0.4, 0.5) is 0 Å². The number of aliphatic hydroxyl groups is 1. The van der Waals surface area contributed by atoms with E-state index in [-0.39, 0.29) is 12.5 Å². The molecule has 0 aliphatic rings. The number of carbonyl (C=O) groups is 1. The molecule has 2 aromatic carbocycles. The largest absolute Gasteiger partial charge is 0.489 e. The van der Waals surface area contributed by atoms with Gasteiger partial charge in [-0.1, -0.05) is 42.5 Å². The molecule has 23 heavy (non-hydrogen) atoms. The number of hydrogen-bond acceptors (Lipinski definition) is 3. The Labute approximate surface area is 136 Å². The van der Waals surface area contributed by atoms with E-state index in [1.54, 1.807) is 13.1 Å². The van der Waals surface area contributed by atoms with Crippen molar-refractivity contribution in [2.45, 2.75) is 6.61 Å². The third kappa shape index (κ3) is 5.60. The predicted molar refractivity (Wildman–Crippen MR) is 91.0 cm³/mol. The van der Waals surface area contributed by atoms with Crippen LogP contribution in [-0.4, -0.2) is 36.1 Å². The average Bonchev–Trinajstić information content (AvgIpc) is 2.59. The topological polar surface area (TPSA) is 49.8 Å². The maximum absolute atomic E-state index is 11.8. The second-order valence-corrected chi connectivity index (χ2v) is 5.16. The van der Waals surface area contributed by atoms with Crippen LogP contribution in [0.5, 0.6) is 5.75 Å². The minimum atomic E-state index is -0.144. The Morgan fingerprint density at radius 1 is 1.17 bits per heavy atom. The molecule has 0 unspecified atom stereocenters. The summed E-state index contributed by atoms with van der Waals surface area (Å²) in [5.41, 5.74) is 2.00. The van der Waals surface area contributed by atoms with Gasteiger partial charge in [-0.05, 0) is 29.3 Å². The minimum absolute atomic E-state index is 0.0428. The fourth-order valence-corrected chi connectivity index (χ4v) is 2.00. The molecule has 2 aromatic rings. The lowest BCUT2D eigenvalue weighted by Gasteiger charge is -2.12. The van der Waals surface area contributed by atoms with Crippen molar-refractivity contribution in [1.82, 2.24) is 4.90 Å². The molecule has 0 fully saturated rings. The highest BCUT2D eigenvalue weighted by atomic mass is 16.5. The zero-order valence-electron chi connectivity index (χ0n) is 13.2. The first-order valence-corrected chi connectivity index (χ1v) is 7.50. The van der Waals surface area contributed by atoms with E-state index in [9.17, 15) is 4.79 Å². The van der Waals surface area contributed by atoms with Crippen LogP contribution < -0.4 is 4.74 Å². The Kier molecular flexibility index (Phi) is 6.39.